The van der Waals surface area contributed by atoms with Gasteiger partial charge in [-0.15, -0.1) is 0 Å². The highest BCUT2D eigenvalue weighted by atomic mass is 31.2. The van der Waals surface area contributed by atoms with Crippen LogP contribution in [-0.2, 0) is 50.3 Å². The number of aliphatic hydroxyl groups is 1. The highest BCUT2D eigenvalue weighted by molar-refractivity contribution is 7.47. The first-order chi connectivity index (χ1) is 29.9. The number of esters is 2. The summed E-state index contributed by atoms with van der Waals surface area (Å²) in [5.41, 5.74) is 8.03. The molecule has 1 aromatic rings. The van der Waals surface area contributed by atoms with E-state index >= 15 is 0 Å². The maximum absolute atomic E-state index is 12.7. The molecule has 62 heavy (non-hydrogen) atoms. The molecular formula is C49H82NO11P. The summed E-state index contributed by atoms with van der Waals surface area (Å²) in [5, 5.41) is 10.2. The van der Waals surface area contributed by atoms with Gasteiger partial charge in [-0.25, -0.2) is 4.57 Å². The summed E-state index contributed by atoms with van der Waals surface area (Å²) >= 11 is 0. The van der Waals surface area contributed by atoms with Crippen molar-refractivity contribution in [1.82, 2.24) is 0 Å². The van der Waals surface area contributed by atoms with Crippen molar-refractivity contribution in [1.29, 1.82) is 0 Å². The van der Waals surface area contributed by atoms with Gasteiger partial charge < -0.3 is 29.6 Å². The first-order valence-electron chi connectivity index (χ1n) is 23.9. The Morgan fingerprint density at radius 3 is 2.05 bits per heavy atom. The number of ether oxygens (including phenoxy) is 2. The Hall–Kier alpha value is -2.86. The number of hydrogen-bond acceptors (Lipinski definition) is 11. The van der Waals surface area contributed by atoms with E-state index in [1.165, 1.54) is 74.0 Å². The molecule has 5 atom stereocenters. The van der Waals surface area contributed by atoms with Crippen molar-refractivity contribution < 1.29 is 51.9 Å². The van der Waals surface area contributed by atoms with Crippen LogP contribution in [0.1, 0.15) is 178 Å². The van der Waals surface area contributed by atoms with Crippen LogP contribution in [0.5, 0.6) is 0 Å². The number of aryl methyl sites for hydroxylation is 2. The number of phosphoric acid groups is 1. The fraction of sp³-hybridized carbons (Fsp3) is 0.735. The lowest BCUT2D eigenvalue weighted by molar-refractivity contribution is -0.161. The molecule has 2 rings (SSSR count). The maximum atomic E-state index is 12.7. The summed E-state index contributed by atoms with van der Waals surface area (Å²) in [4.78, 5) is 47.6. The van der Waals surface area contributed by atoms with E-state index < -0.39 is 38.6 Å². The lowest BCUT2D eigenvalue weighted by Gasteiger charge is -2.19. The van der Waals surface area contributed by atoms with Crippen LogP contribution < -0.4 is 5.73 Å². The van der Waals surface area contributed by atoms with Crippen molar-refractivity contribution in [2.75, 3.05) is 26.4 Å². The van der Waals surface area contributed by atoms with Crippen LogP contribution in [0.2, 0.25) is 0 Å². The second kappa shape index (κ2) is 33.6. The van der Waals surface area contributed by atoms with Crippen LogP contribution >= 0.6 is 7.82 Å². The molecule has 0 spiro atoms. The molecular weight excluding hydrogens is 810 g/mol. The van der Waals surface area contributed by atoms with Crippen molar-refractivity contribution in [3.8, 4) is 0 Å². The molecule has 0 aromatic carbocycles. The van der Waals surface area contributed by atoms with E-state index in [2.05, 4.69) is 27.7 Å². The van der Waals surface area contributed by atoms with Gasteiger partial charge in [-0.05, 0) is 81.9 Å². The van der Waals surface area contributed by atoms with Crippen LogP contribution in [0.15, 0.2) is 40.9 Å². The van der Waals surface area contributed by atoms with E-state index in [0.717, 1.165) is 57.8 Å². The van der Waals surface area contributed by atoms with Crippen molar-refractivity contribution in [3.05, 3.63) is 59.1 Å². The van der Waals surface area contributed by atoms with Gasteiger partial charge in [0.1, 0.15) is 18.1 Å². The lowest BCUT2D eigenvalue weighted by atomic mass is 9.90. The number of unbranched alkanes of at least 4 members (excludes halogenated alkanes) is 14. The lowest BCUT2D eigenvalue weighted by Crippen LogP contribution is -2.29. The van der Waals surface area contributed by atoms with Gasteiger partial charge in [0.15, 0.2) is 11.9 Å². The molecule has 1 unspecified atom stereocenters. The number of nitrogens with two attached hydrogens (primary N) is 1. The fourth-order valence-electron chi connectivity index (χ4n) is 7.51. The maximum Gasteiger partial charge on any atom is 0.472 e. The third kappa shape index (κ3) is 24.8. The third-order valence-electron chi connectivity index (χ3n) is 11.5. The van der Waals surface area contributed by atoms with E-state index in [1.807, 2.05) is 24.3 Å². The van der Waals surface area contributed by atoms with Crippen molar-refractivity contribution in [2.45, 2.75) is 194 Å². The predicted octanol–water partition coefficient (Wildman–Crippen LogP) is 11.0. The average Bonchev–Trinajstić information content (AvgIpc) is 3.74. The zero-order chi connectivity index (χ0) is 45.4. The molecule has 0 fully saturated rings. The van der Waals surface area contributed by atoms with Gasteiger partial charge in [-0.3, -0.25) is 23.4 Å². The number of ketones is 1. The van der Waals surface area contributed by atoms with Gasteiger partial charge in [-0.2, -0.15) is 0 Å². The SMILES string of the molecule is CCCCCc1oc(CCCCCCCCCCCCC(=O)OC[C@H](COP(=O)(O)OCCN)OC(=O)CCC/C=C\C[C@H]2C=CC(=O)[C@@H]2/C=C/[C@@H](O)CCCCC)c(C)c1C. The molecule has 13 heteroatoms. The standard InChI is InChI=1S/C49H82NO11P/c1-5-7-19-26-42(51)32-33-44-41(31-34-45(44)52)25-21-17-18-24-30-49(54)60-43(38-59-62(55,56)58-36-35-50)37-57-48(53)29-23-16-14-12-10-9-11-13-15-22-28-47-40(4)39(3)46(61-47)27-20-8-6-2/h17,21,31-34,41-44,51H,5-16,18-20,22-30,35-38,50H2,1-4H3,(H,55,56)/b21-17-,33-32+/t41-,42-,43+,44+/m0/s1. The molecule has 0 aliphatic heterocycles. The number of rotatable bonds is 38. The predicted molar refractivity (Wildman–Crippen MR) is 246 cm³/mol. The Kier molecular flexibility index (Phi) is 30.0. The van der Waals surface area contributed by atoms with Crippen LogP contribution in [-0.4, -0.2) is 66.3 Å². The monoisotopic (exact) mass is 892 g/mol. The summed E-state index contributed by atoms with van der Waals surface area (Å²) < 4.78 is 39.1. The Balaban J connectivity index is 1.63. The Labute approximate surface area is 373 Å². The molecule has 0 radical (unpaired) electrons. The highest BCUT2D eigenvalue weighted by Crippen LogP contribution is 2.43. The summed E-state index contributed by atoms with van der Waals surface area (Å²) in [5.74, 6) is 1.12. The minimum absolute atomic E-state index is 0.0141. The van der Waals surface area contributed by atoms with E-state index in [-0.39, 0.29) is 50.2 Å². The smallest absolute Gasteiger partial charge is 0.466 e. The highest BCUT2D eigenvalue weighted by Gasteiger charge is 2.28. The van der Waals surface area contributed by atoms with Crippen LogP contribution in [0, 0.1) is 25.7 Å². The summed E-state index contributed by atoms with van der Waals surface area (Å²) in [6.07, 6.45) is 31.9. The second-order valence-corrected chi connectivity index (χ2v) is 18.3. The topological polar surface area (TPSA) is 185 Å². The molecule has 1 aliphatic carbocycles. The number of aliphatic hydroxyl groups excluding tert-OH is 1. The molecule has 0 bridgehead atoms. The summed E-state index contributed by atoms with van der Waals surface area (Å²) in [6, 6.07) is 0. The zero-order valence-corrected chi connectivity index (χ0v) is 39.6. The van der Waals surface area contributed by atoms with Gasteiger partial charge in [0.05, 0.1) is 19.3 Å². The quantitative estimate of drug-likeness (QED) is 0.0247. The van der Waals surface area contributed by atoms with E-state index in [0.29, 0.717) is 32.1 Å². The second-order valence-electron chi connectivity index (χ2n) is 16.9. The number of phosphoric ester groups is 1. The number of carbonyl (C=O) groups is 3. The zero-order valence-electron chi connectivity index (χ0n) is 38.7. The van der Waals surface area contributed by atoms with Gasteiger partial charge in [0.2, 0.25) is 0 Å². The fourth-order valence-corrected chi connectivity index (χ4v) is 8.27. The molecule has 1 aliphatic rings. The molecule has 4 N–H and O–H groups in total. The van der Waals surface area contributed by atoms with Crippen molar-refractivity contribution in [3.63, 3.8) is 0 Å². The van der Waals surface area contributed by atoms with Gasteiger partial charge in [0, 0.05) is 38.1 Å². The molecule has 1 heterocycles. The van der Waals surface area contributed by atoms with Gasteiger partial charge in [-0.1, -0.05) is 128 Å². The van der Waals surface area contributed by atoms with E-state index in [4.69, 9.17) is 28.7 Å². The Bertz CT molecular complexity index is 1540. The van der Waals surface area contributed by atoms with E-state index in [9.17, 15) is 28.9 Å². The first kappa shape index (κ1) is 55.3. The molecule has 0 amide bonds. The number of hydrogen-bond donors (Lipinski definition) is 3. The van der Waals surface area contributed by atoms with Crippen LogP contribution in [0.25, 0.3) is 0 Å². The van der Waals surface area contributed by atoms with Crippen LogP contribution in [0.3, 0.4) is 0 Å². The van der Waals surface area contributed by atoms with Gasteiger partial charge in [0.25, 0.3) is 0 Å². The number of furan rings is 1. The number of carbonyl (C=O) groups excluding carboxylic acids is 3. The summed E-state index contributed by atoms with van der Waals surface area (Å²) in [7, 11) is -4.45. The van der Waals surface area contributed by atoms with E-state index in [1.54, 1.807) is 12.2 Å². The normalized spacial score (nSPS) is 17.3. The Morgan fingerprint density at radius 1 is 0.806 bits per heavy atom. The van der Waals surface area contributed by atoms with Gasteiger partial charge >= 0.3 is 19.8 Å². The Morgan fingerprint density at radius 2 is 1.40 bits per heavy atom. The van der Waals surface area contributed by atoms with Crippen molar-refractivity contribution in [2.24, 2.45) is 17.6 Å². The van der Waals surface area contributed by atoms with Crippen molar-refractivity contribution >= 4 is 25.5 Å². The first-order valence-corrected chi connectivity index (χ1v) is 25.4. The molecule has 0 saturated carbocycles. The molecule has 12 nitrogen and oxygen atoms in total. The minimum Gasteiger partial charge on any atom is -0.466 e. The average molecular weight is 892 g/mol. The molecule has 1 aromatic heterocycles. The summed E-state index contributed by atoms with van der Waals surface area (Å²) in [6.45, 7) is 7.73. The molecule has 0 saturated heterocycles. The molecule has 354 valence electrons. The number of allylic oxidation sites excluding steroid dienone is 5. The largest absolute Gasteiger partial charge is 0.472 e. The third-order valence-corrected chi connectivity index (χ3v) is 12.5. The minimum atomic E-state index is -4.45. The van der Waals surface area contributed by atoms with Crippen LogP contribution in [0.4, 0.5) is 0 Å².